The highest BCUT2D eigenvalue weighted by Gasteiger charge is 2.24. The van der Waals surface area contributed by atoms with Crippen molar-refractivity contribution in [3.8, 4) is 5.69 Å². The zero-order chi connectivity index (χ0) is 19.6. The third-order valence-electron chi connectivity index (χ3n) is 5.81. The van der Waals surface area contributed by atoms with Crippen molar-refractivity contribution < 1.29 is 4.79 Å². The van der Waals surface area contributed by atoms with Gasteiger partial charge in [0.25, 0.3) is 5.91 Å². The fraction of sp³-hybridized carbons (Fsp3) is 0.364. The van der Waals surface area contributed by atoms with Crippen LogP contribution in [0, 0.1) is 0 Å². The summed E-state index contributed by atoms with van der Waals surface area (Å²) in [5, 5.41) is 13.1. The first-order valence-corrected chi connectivity index (χ1v) is 10.3. The molecule has 1 saturated heterocycles. The molecule has 5 rings (SSSR count). The zero-order valence-electron chi connectivity index (χ0n) is 16.4. The largest absolute Gasteiger partial charge is 0.352 e. The molecule has 2 aromatic heterocycles. The molecule has 2 aliphatic rings. The van der Waals surface area contributed by atoms with Crippen molar-refractivity contribution in [1.82, 2.24) is 24.9 Å². The van der Waals surface area contributed by atoms with Crippen molar-refractivity contribution in [2.45, 2.75) is 25.7 Å². The molecule has 0 atom stereocenters. The van der Waals surface area contributed by atoms with E-state index in [2.05, 4.69) is 26.3 Å². The second-order valence-electron chi connectivity index (χ2n) is 7.66. The van der Waals surface area contributed by atoms with E-state index in [-0.39, 0.29) is 5.91 Å². The van der Waals surface area contributed by atoms with E-state index >= 15 is 0 Å². The standard InChI is InChI=1S/C22H24N6O/c29-22(18-6-3-7-19(15-18)28-10-4-9-23-28)27-13-11-26(12-14-27)21-16-17-5-1-2-8-20(17)24-25-21/h3-4,6-7,9-10,15-16H,1-2,5,8,11-14H2. The smallest absolute Gasteiger partial charge is 0.254 e. The third-order valence-corrected chi connectivity index (χ3v) is 5.81. The Labute approximate surface area is 170 Å². The van der Waals surface area contributed by atoms with E-state index < -0.39 is 0 Å². The normalized spacial score (nSPS) is 16.6. The highest BCUT2D eigenvalue weighted by Crippen LogP contribution is 2.23. The number of amides is 1. The van der Waals surface area contributed by atoms with E-state index in [1.165, 1.54) is 18.4 Å². The lowest BCUT2D eigenvalue weighted by Gasteiger charge is -2.35. The van der Waals surface area contributed by atoms with Crippen LogP contribution in [0.2, 0.25) is 0 Å². The van der Waals surface area contributed by atoms with Crippen molar-refractivity contribution in [2.75, 3.05) is 31.1 Å². The number of fused-ring (bicyclic) bond motifs is 1. The molecule has 29 heavy (non-hydrogen) atoms. The topological polar surface area (TPSA) is 67.2 Å². The van der Waals surface area contributed by atoms with Crippen molar-refractivity contribution in [3.05, 3.63) is 65.6 Å². The number of aryl methyl sites for hydroxylation is 2. The SMILES string of the molecule is O=C(c1cccc(-n2cccn2)c1)N1CCN(c2cc3c(nn2)CCCC3)CC1. The van der Waals surface area contributed by atoms with Crippen LogP contribution < -0.4 is 4.90 Å². The maximum Gasteiger partial charge on any atom is 0.254 e. The highest BCUT2D eigenvalue weighted by atomic mass is 16.2. The molecular formula is C22H24N6O. The van der Waals surface area contributed by atoms with Crippen molar-refractivity contribution >= 4 is 11.7 Å². The molecular weight excluding hydrogens is 364 g/mol. The Bertz CT molecular complexity index is 1010. The zero-order valence-corrected chi connectivity index (χ0v) is 16.4. The average Bonchev–Trinajstić information content (AvgIpc) is 3.34. The van der Waals surface area contributed by atoms with Gasteiger partial charge in [0.1, 0.15) is 0 Å². The predicted octanol–water partition coefficient (Wildman–Crippen LogP) is 2.50. The Kier molecular flexibility index (Phi) is 4.71. The molecule has 0 spiro atoms. The quantitative estimate of drug-likeness (QED) is 0.690. The van der Waals surface area contributed by atoms with Crippen LogP contribution in [0.4, 0.5) is 5.82 Å². The Morgan fingerprint density at radius 3 is 2.62 bits per heavy atom. The van der Waals surface area contributed by atoms with Gasteiger partial charge in [-0.1, -0.05) is 6.07 Å². The minimum absolute atomic E-state index is 0.0650. The molecule has 7 nitrogen and oxygen atoms in total. The summed E-state index contributed by atoms with van der Waals surface area (Å²) in [6, 6.07) is 11.7. The van der Waals surface area contributed by atoms with Gasteiger partial charge in [0.05, 0.1) is 11.4 Å². The highest BCUT2D eigenvalue weighted by molar-refractivity contribution is 5.95. The van der Waals surface area contributed by atoms with Crippen LogP contribution in [0.3, 0.4) is 0 Å². The lowest BCUT2D eigenvalue weighted by atomic mass is 9.97. The molecule has 0 radical (unpaired) electrons. The van der Waals surface area contributed by atoms with E-state index in [9.17, 15) is 4.79 Å². The number of nitrogens with zero attached hydrogens (tertiary/aromatic N) is 6. The fourth-order valence-corrected chi connectivity index (χ4v) is 4.16. The van der Waals surface area contributed by atoms with E-state index in [0.29, 0.717) is 18.7 Å². The summed E-state index contributed by atoms with van der Waals surface area (Å²) in [5.74, 6) is 1.01. The molecule has 1 amide bonds. The number of anilines is 1. The van der Waals surface area contributed by atoms with Crippen molar-refractivity contribution in [2.24, 2.45) is 0 Å². The van der Waals surface area contributed by atoms with Crippen LogP contribution >= 0.6 is 0 Å². The predicted molar refractivity (Wildman–Crippen MR) is 110 cm³/mol. The number of rotatable bonds is 3. The lowest BCUT2D eigenvalue weighted by Crippen LogP contribution is -2.49. The molecule has 1 aromatic carbocycles. The van der Waals surface area contributed by atoms with Gasteiger partial charge in [0, 0.05) is 44.1 Å². The Morgan fingerprint density at radius 1 is 0.931 bits per heavy atom. The van der Waals surface area contributed by atoms with Crippen LogP contribution in [0.25, 0.3) is 5.69 Å². The first-order valence-electron chi connectivity index (χ1n) is 10.3. The first kappa shape index (κ1) is 17.8. The van der Waals surface area contributed by atoms with E-state index in [1.807, 2.05) is 41.4 Å². The molecule has 0 bridgehead atoms. The summed E-state index contributed by atoms with van der Waals surface area (Å²) in [6.07, 6.45) is 8.20. The maximum absolute atomic E-state index is 13.0. The number of carbonyl (C=O) groups excluding carboxylic acids is 1. The fourth-order valence-electron chi connectivity index (χ4n) is 4.16. The van der Waals surface area contributed by atoms with Crippen LogP contribution in [0.1, 0.15) is 34.5 Å². The summed E-state index contributed by atoms with van der Waals surface area (Å²) in [4.78, 5) is 17.2. The number of carbonyl (C=O) groups is 1. The lowest BCUT2D eigenvalue weighted by molar-refractivity contribution is 0.0746. The summed E-state index contributed by atoms with van der Waals surface area (Å²) in [6.45, 7) is 2.92. The van der Waals surface area contributed by atoms with Crippen LogP contribution in [-0.2, 0) is 12.8 Å². The van der Waals surface area contributed by atoms with Crippen LogP contribution in [0.15, 0.2) is 48.8 Å². The number of hydrogen-bond acceptors (Lipinski definition) is 5. The molecule has 3 heterocycles. The van der Waals surface area contributed by atoms with Gasteiger partial charge < -0.3 is 9.80 Å². The van der Waals surface area contributed by atoms with E-state index in [1.54, 1.807) is 10.9 Å². The number of hydrogen-bond donors (Lipinski definition) is 0. The van der Waals surface area contributed by atoms with Gasteiger partial charge in [-0.25, -0.2) is 4.68 Å². The second-order valence-corrected chi connectivity index (χ2v) is 7.66. The number of piperazine rings is 1. The number of benzene rings is 1. The maximum atomic E-state index is 13.0. The molecule has 1 aliphatic carbocycles. The van der Waals surface area contributed by atoms with Gasteiger partial charge in [-0.3, -0.25) is 4.79 Å². The molecule has 1 fully saturated rings. The van der Waals surface area contributed by atoms with Gasteiger partial charge in [-0.05, 0) is 61.6 Å². The monoisotopic (exact) mass is 388 g/mol. The third kappa shape index (κ3) is 3.60. The van der Waals surface area contributed by atoms with Gasteiger partial charge >= 0.3 is 0 Å². The van der Waals surface area contributed by atoms with Gasteiger partial charge in [0.2, 0.25) is 0 Å². The van der Waals surface area contributed by atoms with Crippen LogP contribution in [-0.4, -0.2) is 57.0 Å². The summed E-state index contributed by atoms with van der Waals surface area (Å²) >= 11 is 0. The molecule has 0 saturated carbocycles. The Morgan fingerprint density at radius 2 is 1.79 bits per heavy atom. The van der Waals surface area contributed by atoms with E-state index in [4.69, 9.17) is 0 Å². The first-order chi connectivity index (χ1) is 14.3. The minimum atomic E-state index is 0.0650. The molecule has 0 N–H and O–H groups in total. The average molecular weight is 388 g/mol. The van der Waals surface area contributed by atoms with Crippen molar-refractivity contribution in [1.29, 1.82) is 0 Å². The molecule has 148 valence electrons. The molecule has 0 unspecified atom stereocenters. The van der Waals surface area contributed by atoms with Gasteiger partial charge in [0.15, 0.2) is 5.82 Å². The van der Waals surface area contributed by atoms with Gasteiger partial charge in [-0.15, -0.1) is 5.10 Å². The molecule has 1 aliphatic heterocycles. The summed E-state index contributed by atoms with van der Waals surface area (Å²) < 4.78 is 1.77. The van der Waals surface area contributed by atoms with Crippen molar-refractivity contribution in [3.63, 3.8) is 0 Å². The van der Waals surface area contributed by atoms with Gasteiger partial charge in [-0.2, -0.15) is 10.2 Å². The second kappa shape index (κ2) is 7.66. The Balaban J connectivity index is 1.26. The Hall–Kier alpha value is -3.22. The summed E-state index contributed by atoms with van der Waals surface area (Å²) in [7, 11) is 0. The van der Waals surface area contributed by atoms with Crippen LogP contribution in [0.5, 0.6) is 0 Å². The number of aromatic nitrogens is 4. The molecule has 3 aromatic rings. The summed E-state index contributed by atoms with van der Waals surface area (Å²) in [5.41, 5.74) is 4.09. The molecule has 7 heteroatoms. The minimum Gasteiger partial charge on any atom is -0.352 e. The van der Waals surface area contributed by atoms with E-state index in [0.717, 1.165) is 43.1 Å².